The number of nitrogens with zero attached hydrogens (tertiary/aromatic N) is 4. The maximum atomic E-state index is 12.5. The lowest BCUT2D eigenvalue weighted by atomic mass is 9.97. The molecule has 7 nitrogen and oxygen atoms in total. The smallest absolute Gasteiger partial charge is 0.230 e. The van der Waals surface area contributed by atoms with Gasteiger partial charge in [-0.25, -0.2) is 4.98 Å². The highest BCUT2D eigenvalue weighted by Crippen LogP contribution is 2.20. The number of hydrogen-bond donors (Lipinski definition) is 1. The quantitative estimate of drug-likeness (QED) is 0.905. The second-order valence-electron chi connectivity index (χ2n) is 6.23. The van der Waals surface area contributed by atoms with Gasteiger partial charge in [-0.05, 0) is 37.9 Å². The summed E-state index contributed by atoms with van der Waals surface area (Å²) in [5.41, 5.74) is 1.07. The highest BCUT2D eigenvalue weighted by molar-refractivity contribution is 5.91. The number of nitrogens with one attached hydrogen (secondary N) is 1. The number of likely N-dealkylation sites (tertiary alicyclic amines) is 1. The van der Waals surface area contributed by atoms with Gasteiger partial charge in [-0.15, -0.1) is 10.2 Å². The van der Waals surface area contributed by atoms with E-state index < -0.39 is 0 Å². The minimum absolute atomic E-state index is 0.0239. The van der Waals surface area contributed by atoms with E-state index in [0.717, 1.165) is 31.4 Å². The largest absolute Gasteiger partial charge is 0.424 e. The molecule has 1 fully saturated rings. The molecular formula is C17H23N5O2. The van der Waals surface area contributed by atoms with Gasteiger partial charge in [-0.1, -0.05) is 13.0 Å². The van der Waals surface area contributed by atoms with Crippen LogP contribution in [0.5, 0.6) is 0 Å². The molecule has 7 heteroatoms. The van der Waals surface area contributed by atoms with Crippen molar-refractivity contribution in [3.8, 4) is 0 Å². The van der Waals surface area contributed by atoms with Crippen LogP contribution in [0.15, 0.2) is 22.7 Å². The lowest BCUT2D eigenvalue weighted by Crippen LogP contribution is -2.40. The Kier molecular flexibility index (Phi) is 5.20. The molecule has 24 heavy (non-hydrogen) atoms. The van der Waals surface area contributed by atoms with Crippen LogP contribution in [0.3, 0.4) is 0 Å². The summed E-state index contributed by atoms with van der Waals surface area (Å²) >= 11 is 0. The standard InChI is InChI=1S/C17H23N5O2/c1-3-15-20-21-16(24-15)11-22-8-4-5-13(10-22)17(23)19-14-7-6-12(2)9-18-14/h6-7,9,13H,3-5,8,10-11H2,1-2H3,(H,18,19,23). The lowest BCUT2D eigenvalue weighted by Gasteiger charge is -2.30. The maximum absolute atomic E-state index is 12.5. The van der Waals surface area contributed by atoms with E-state index in [0.29, 0.717) is 30.7 Å². The van der Waals surface area contributed by atoms with E-state index in [2.05, 4.69) is 25.4 Å². The number of aryl methyl sites for hydroxylation is 2. The van der Waals surface area contributed by atoms with Crippen LogP contribution in [0.4, 0.5) is 5.82 Å². The van der Waals surface area contributed by atoms with Crippen LogP contribution in [0.1, 0.15) is 37.1 Å². The number of piperidine rings is 1. The summed E-state index contributed by atoms with van der Waals surface area (Å²) in [5.74, 6) is 1.85. The van der Waals surface area contributed by atoms with Crippen LogP contribution < -0.4 is 5.32 Å². The molecule has 0 bridgehead atoms. The van der Waals surface area contributed by atoms with Gasteiger partial charge in [0, 0.05) is 19.2 Å². The van der Waals surface area contributed by atoms with E-state index in [1.54, 1.807) is 6.20 Å². The first kappa shape index (κ1) is 16.6. The monoisotopic (exact) mass is 329 g/mol. The Bertz CT molecular complexity index is 683. The van der Waals surface area contributed by atoms with Gasteiger partial charge in [0.1, 0.15) is 5.82 Å². The van der Waals surface area contributed by atoms with Crippen molar-refractivity contribution in [1.82, 2.24) is 20.1 Å². The number of carbonyl (C=O) groups excluding carboxylic acids is 1. The summed E-state index contributed by atoms with van der Waals surface area (Å²) in [6, 6.07) is 3.77. The molecule has 1 N–H and O–H groups in total. The van der Waals surface area contributed by atoms with E-state index in [-0.39, 0.29) is 11.8 Å². The second kappa shape index (κ2) is 7.53. The van der Waals surface area contributed by atoms with Gasteiger partial charge in [0.2, 0.25) is 17.7 Å². The molecule has 3 rings (SSSR count). The molecule has 1 saturated heterocycles. The first-order chi connectivity index (χ1) is 11.6. The molecule has 0 saturated carbocycles. The van der Waals surface area contributed by atoms with E-state index in [1.807, 2.05) is 26.0 Å². The maximum Gasteiger partial charge on any atom is 0.230 e. The van der Waals surface area contributed by atoms with Crippen molar-refractivity contribution in [1.29, 1.82) is 0 Å². The third-order valence-electron chi connectivity index (χ3n) is 4.21. The summed E-state index contributed by atoms with van der Waals surface area (Å²) in [5, 5.41) is 11.0. The van der Waals surface area contributed by atoms with Crippen LogP contribution in [0, 0.1) is 12.8 Å². The van der Waals surface area contributed by atoms with Gasteiger partial charge in [0.15, 0.2) is 0 Å². The highest BCUT2D eigenvalue weighted by atomic mass is 16.4. The van der Waals surface area contributed by atoms with Gasteiger partial charge >= 0.3 is 0 Å². The Labute approximate surface area is 141 Å². The number of rotatable bonds is 5. The Morgan fingerprint density at radius 1 is 1.38 bits per heavy atom. The topological polar surface area (TPSA) is 84.2 Å². The fourth-order valence-electron chi connectivity index (χ4n) is 2.87. The molecule has 2 aromatic rings. The Morgan fingerprint density at radius 3 is 2.92 bits per heavy atom. The Balaban J connectivity index is 1.56. The van der Waals surface area contributed by atoms with Crippen molar-refractivity contribution in [2.24, 2.45) is 5.92 Å². The SMILES string of the molecule is CCc1nnc(CN2CCCC(C(=O)Nc3ccc(C)cn3)C2)o1. The highest BCUT2D eigenvalue weighted by Gasteiger charge is 2.27. The molecule has 0 aliphatic carbocycles. The van der Waals surface area contributed by atoms with E-state index in [1.165, 1.54) is 0 Å². The van der Waals surface area contributed by atoms with Crippen molar-refractivity contribution < 1.29 is 9.21 Å². The normalized spacial score (nSPS) is 18.5. The average molecular weight is 329 g/mol. The molecule has 2 aromatic heterocycles. The molecular weight excluding hydrogens is 306 g/mol. The van der Waals surface area contributed by atoms with E-state index in [9.17, 15) is 4.79 Å². The van der Waals surface area contributed by atoms with Crippen LogP contribution in [-0.2, 0) is 17.8 Å². The van der Waals surface area contributed by atoms with Gasteiger partial charge in [0.05, 0.1) is 12.5 Å². The molecule has 1 aliphatic heterocycles. The molecule has 128 valence electrons. The number of carbonyl (C=O) groups is 1. The fourth-order valence-corrected chi connectivity index (χ4v) is 2.87. The third kappa shape index (κ3) is 4.17. The first-order valence-corrected chi connectivity index (χ1v) is 8.41. The zero-order valence-corrected chi connectivity index (χ0v) is 14.2. The first-order valence-electron chi connectivity index (χ1n) is 8.41. The van der Waals surface area contributed by atoms with Crippen LogP contribution in [0.25, 0.3) is 0 Å². The van der Waals surface area contributed by atoms with Crippen molar-refractivity contribution in [2.45, 2.75) is 39.7 Å². The molecule has 0 radical (unpaired) electrons. The predicted molar refractivity (Wildman–Crippen MR) is 89.3 cm³/mol. The molecule has 0 aromatic carbocycles. The molecule has 1 unspecified atom stereocenters. The van der Waals surface area contributed by atoms with Crippen LogP contribution in [0.2, 0.25) is 0 Å². The molecule has 1 atom stereocenters. The predicted octanol–water partition coefficient (Wildman–Crippen LogP) is 2.19. The van der Waals surface area contributed by atoms with Gasteiger partial charge < -0.3 is 9.73 Å². The summed E-state index contributed by atoms with van der Waals surface area (Å²) in [6.45, 7) is 6.19. The average Bonchev–Trinajstić information content (AvgIpc) is 3.05. The van der Waals surface area contributed by atoms with Crippen molar-refractivity contribution in [3.63, 3.8) is 0 Å². The number of amides is 1. The Hall–Kier alpha value is -2.28. The van der Waals surface area contributed by atoms with Crippen molar-refractivity contribution in [3.05, 3.63) is 35.7 Å². The number of hydrogen-bond acceptors (Lipinski definition) is 6. The number of pyridine rings is 1. The second-order valence-corrected chi connectivity index (χ2v) is 6.23. The molecule has 1 amide bonds. The lowest BCUT2D eigenvalue weighted by molar-refractivity contribution is -0.121. The van der Waals surface area contributed by atoms with E-state index in [4.69, 9.17) is 4.42 Å². The van der Waals surface area contributed by atoms with Gasteiger partial charge in [-0.3, -0.25) is 9.69 Å². The van der Waals surface area contributed by atoms with Gasteiger partial charge in [-0.2, -0.15) is 0 Å². The van der Waals surface area contributed by atoms with Gasteiger partial charge in [0.25, 0.3) is 0 Å². The number of anilines is 1. The van der Waals surface area contributed by atoms with Crippen molar-refractivity contribution >= 4 is 11.7 Å². The molecule has 1 aliphatic rings. The van der Waals surface area contributed by atoms with E-state index >= 15 is 0 Å². The third-order valence-corrected chi connectivity index (χ3v) is 4.21. The Morgan fingerprint density at radius 2 is 2.21 bits per heavy atom. The molecule has 0 spiro atoms. The number of aromatic nitrogens is 3. The van der Waals surface area contributed by atoms with Crippen molar-refractivity contribution in [2.75, 3.05) is 18.4 Å². The molecule has 3 heterocycles. The fraction of sp³-hybridized carbons (Fsp3) is 0.529. The minimum atomic E-state index is -0.0459. The minimum Gasteiger partial charge on any atom is -0.424 e. The summed E-state index contributed by atoms with van der Waals surface area (Å²) in [6.07, 6.45) is 4.36. The van der Waals surface area contributed by atoms with Crippen LogP contribution in [-0.4, -0.2) is 39.1 Å². The summed E-state index contributed by atoms with van der Waals surface area (Å²) in [7, 11) is 0. The van der Waals surface area contributed by atoms with Crippen LogP contribution >= 0.6 is 0 Å². The summed E-state index contributed by atoms with van der Waals surface area (Å²) < 4.78 is 5.56. The summed E-state index contributed by atoms with van der Waals surface area (Å²) in [4.78, 5) is 18.9. The zero-order valence-electron chi connectivity index (χ0n) is 14.2. The zero-order chi connectivity index (χ0) is 16.9.